The zero-order chi connectivity index (χ0) is 12.3. The third-order valence-electron chi connectivity index (χ3n) is 4.44. The van der Waals surface area contributed by atoms with Crippen LogP contribution in [0, 0.1) is 5.92 Å². The van der Waals surface area contributed by atoms with E-state index >= 15 is 0 Å². The van der Waals surface area contributed by atoms with Crippen LogP contribution in [0.15, 0.2) is 0 Å². The van der Waals surface area contributed by atoms with Crippen LogP contribution < -0.4 is 5.32 Å². The Hall–Kier alpha value is -0.0800. The summed E-state index contributed by atoms with van der Waals surface area (Å²) in [5.74, 6) is 0.730. The lowest BCUT2D eigenvalue weighted by atomic mass is 9.84. The van der Waals surface area contributed by atoms with E-state index in [1.54, 1.807) is 0 Å². The minimum absolute atomic E-state index is 0.388. The summed E-state index contributed by atoms with van der Waals surface area (Å²) >= 11 is 0. The number of piperazine rings is 1. The van der Waals surface area contributed by atoms with E-state index in [0.29, 0.717) is 17.6 Å². The van der Waals surface area contributed by atoms with E-state index in [2.05, 4.69) is 51.8 Å². The lowest BCUT2D eigenvalue weighted by Gasteiger charge is -2.52. The van der Waals surface area contributed by atoms with Crippen LogP contribution in [-0.4, -0.2) is 35.6 Å². The van der Waals surface area contributed by atoms with Gasteiger partial charge in [-0.3, -0.25) is 4.90 Å². The maximum atomic E-state index is 3.75. The normalized spacial score (nSPS) is 26.6. The van der Waals surface area contributed by atoms with Crippen molar-refractivity contribution in [2.45, 2.75) is 72.0 Å². The first-order valence-electron chi connectivity index (χ1n) is 6.97. The highest BCUT2D eigenvalue weighted by molar-refractivity contribution is 4.99. The average Bonchev–Trinajstić information content (AvgIpc) is 2.27. The van der Waals surface area contributed by atoms with Crippen molar-refractivity contribution in [2.24, 2.45) is 5.92 Å². The average molecular weight is 226 g/mol. The van der Waals surface area contributed by atoms with E-state index < -0.39 is 0 Å². The van der Waals surface area contributed by atoms with E-state index in [-0.39, 0.29) is 0 Å². The highest BCUT2D eigenvalue weighted by Crippen LogP contribution is 2.30. The van der Waals surface area contributed by atoms with E-state index in [9.17, 15) is 0 Å². The Morgan fingerprint density at radius 1 is 1.19 bits per heavy atom. The molecule has 0 bridgehead atoms. The van der Waals surface area contributed by atoms with Crippen molar-refractivity contribution < 1.29 is 0 Å². The molecule has 1 fully saturated rings. The zero-order valence-corrected chi connectivity index (χ0v) is 12.0. The van der Waals surface area contributed by atoms with Crippen molar-refractivity contribution in [3.63, 3.8) is 0 Å². The lowest BCUT2D eigenvalue weighted by Crippen LogP contribution is -2.66. The Labute approximate surface area is 102 Å². The molecule has 96 valence electrons. The summed E-state index contributed by atoms with van der Waals surface area (Å²) in [7, 11) is 0. The Balaban J connectivity index is 2.82. The van der Waals surface area contributed by atoms with Gasteiger partial charge in [-0.15, -0.1) is 0 Å². The Bertz CT molecular complexity index is 207. The van der Waals surface area contributed by atoms with E-state index in [0.717, 1.165) is 12.5 Å². The monoisotopic (exact) mass is 226 g/mol. The molecule has 1 rings (SSSR count). The number of hydrogen-bond acceptors (Lipinski definition) is 2. The van der Waals surface area contributed by atoms with Gasteiger partial charge in [0.25, 0.3) is 0 Å². The number of nitrogens with one attached hydrogen (secondary N) is 1. The second-order valence-corrected chi connectivity index (χ2v) is 5.91. The van der Waals surface area contributed by atoms with Gasteiger partial charge in [0.1, 0.15) is 0 Å². The molecule has 16 heavy (non-hydrogen) atoms. The molecule has 1 aliphatic heterocycles. The van der Waals surface area contributed by atoms with E-state index in [1.807, 2.05) is 0 Å². The summed E-state index contributed by atoms with van der Waals surface area (Å²) in [6.45, 7) is 16.3. The summed E-state index contributed by atoms with van der Waals surface area (Å²) < 4.78 is 0. The molecule has 0 aromatic heterocycles. The molecule has 0 spiro atoms. The van der Waals surface area contributed by atoms with E-state index in [4.69, 9.17) is 0 Å². The largest absolute Gasteiger partial charge is 0.311 e. The molecular formula is C14H30N2. The number of hydrogen-bond donors (Lipinski definition) is 1. The molecule has 2 nitrogen and oxygen atoms in total. The molecule has 0 aromatic carbocycles. The molecule has 0 aliphatic carbocycles. The molecule has 1 N–H and O–H groups in total. The van der Waals surface area contributed by atoms with Crippen LogP contribution >= 0.6 is 0 Å². The Kier molecular flexibility index (Phi) is 4.81. The molecule has 1 heterocycles. The molecule has 0 aromatic rings. The van der Waals surface area contributed by atoms with Crippen LogP contribution in [0.25, 0.3) is 0 Å². The minimum atomic E-state index is 0.388. The van der Waals surface area contributed by atoms with Gasteiger partial charge in [-0.1, -0.05) is 27.7 Å². The van der Waals surface area contributed by atoms with Crippen molar-refractivity contribution in [1.29, 1.82) is 0 Å². The van der Waals surface area contributed by atoms with Crippen LogP contribution in [0.2, 0.25) is 0 Å². The third kappa shape index (κ3) is 2.60. The van der Waals surface area contributed by atoms with Gasteiger partial charge in [0.05, 0.1) is 0 Å². The fourth-order valence-corrected chi connectivity index (χ4v) is 3.00. The number of nitrogens with zero attached hydrogens (tertiary/aromatic N) is 1. The summed E-state index contributed by atoms with van der Waals surface area (Å²) in [4.78, 5) is 2.73. The molecule has 0 amide bonds. The SMILES string of the molecule is CCC1(CC)CNC(C(C)C)CN1C(C)C. The summed E-state index contributed by atoms with van der Waals surface area (Å²) in [5, 5.41) is 3.75. The lowest BCUT2D eigenvalue weighted by molar-refractivity contribution is -0.00156. The topological polar surface area (TPSA) is 15.3 Å². The molecule has 2 heteroatoms. The standard InChI is InChI=1S/C14H30N2/c1-7-14(8-2)10-15-13(11(3)4)9-16(14)12(5)6/h11-13,15H,7-10H2,1-6H3. The van der Waals surface area contributed by atoms with Crippen LogP contribution in [0.1, 0.15) is 54.4 Å². The van der Waals surface area contributed by atoms with Gasteiger partial charge in [-0.2, -0.15) is 0 Å². The van der Waals surface area contributed by atoms with Gasteiger partial charge in [-0.05, 0) is 32.6 Å². The van der Waals surface area contributed by atoms with Crippen LogP contribution in [0.3, 0.4) is 0 Å². The summed E-state index contributed by atoms with van der Waals surface area (Å²) in [6.07, 6.45) is 2.50. The summed E-state index contributed by atoms with van der Waals surface area (Å²) in [5.41, 5.74) is 0.388. The number of rotatable bonds is 4. The zero-order valence-electron chi connectivity index (χ0n) is 12.0. The predicted octanol–water partition coefficient (Wildman–Crippen LogP) is 2.88. The van der Waals surface area contributed by atoms with Gasteiger partial charge in [-0.25, -0.2) is 0 Å². The maximum absolute atomic E-state index is 3.75. The van der Waals surface area contributed by atoms with Gasteiger partial charge < -0.3 is 5.32 Å². The Morgan fingerprint density at radius 2 is 1.75 bits per heavy atom. The molecule has 1 unspecified atom stereocenters. The minimum Gasteiger partial charge on any atom is -0.311 e. The fraction of sp³-hybridized carbons (Fsp3) is 1.00. The second-order valence-electron chi connectivity index (χ2n) is 5.91. The first-order chi connectivity index (χ1) is 7.46. The van der Waals surface area contributed by atoms with Crippen molar-refractivity contribution in [2.75, 3.05) is 13.1 Å². The highest BCUT2D eigenvalue weighted by Gasteiger charge is 2.40. The van der Waals surface area contributed by atoms with Crippen molar-refractivity contribution in [3.8, 4) is 0 Å². The molecule has 0 saturated carbocycles. The third-order valence-corrected chi connectivity index (χ3v) is 4.44. The summed E-state index contributed by atoms with van der Waals surface area (Å²) in [6, 6.07) is 1.32. The van der Waals surface area contributed by atoms with Crippen molar-refractivity contribution in [3.05, 3.63) is 0 Å². The van der Waals surface area contributed by atoms with Crippen LogP contribution in [0.5, 0.6) is 0 Å². The molecule has 1 atom stereocenters. The first kappa shape index (κ1) is 14.0. The molecule has 1 saturated heterocycles. The van der Waals surface area contributed by atoms with Gasteiger partial charge in [0.2, 0.25) is 0 Å². The van der Waals surface area contributed by atoms with Gasteiger partial charge in [0.15, 0.2) is 0 Å². The second kappa shape index (κ2) is 5.50. The molecule has 0 radical (unpaired) electrons. The van der Waals surface area contributed by atoms with Gasteiger partial charge in [0, 0.05) is 30.7 Å². The van der Waals surface area contributed by atoms with Crippen molar-refractivity contribution in [1.82, 2.24) is 10.2 Å². The van der Waals surface area contributed by atoms with Crippen molar-refractivity contribution >= 4 is 0 Å². The molecular weight excluding hydrogens is 196 g/mol. The van der Waals surface area contributed by atoms with E-state index in [1.165, 1.54) is 19.4 Å². The smallest absolute Gasteiger partial charge is 0.0332 e. The fourth-order valence-electron chi connectivity index (χ4n) is 3.00. The van der Waals surface area contributed by atoms with Crippen LogP contribution in [0.4, 0.5) is 0 Å². The molecule has 1 aliphatic rings. The first-order valence-corrected chi connectivity index (χ1v) is 6.97. The van der Waals surface area contributed by atoms with Crippen LogP contribution in [-0.2, 0) is 0 Å². The predicted molar refractivity (Wildman–Crippen MR) is 71.8 cm³/mol. The Morgan fingerprint density at radius 3 is 2.12 bits per heavy atom. The van der Waals surface area contributed by atoms with Gasteiger partial charge >= 0.3 is 0 Å². The maximum Gasteiger partial charge on any atom is 0.0332 e. The highest BCUT2D eigenvalue weighted by atomic mass is 15.3. The quantitative estimate of drug-likeness (QED) is 0.793.